The maximum atomic E-state index is 12.4. The summed E-state index contributed by atoms with van der Waals surface area (Å²) in [6.07, 6.45) is 4.91. The van der Waals surface area contributed by atoms with Gasteiger partial charge >= 0.3 is 0 Å². The summed E-state index contributed by atoms with van der Waals surface area (Å²) >= 11 is 0. The van der Waals surface area contributed by atoms with Crippen LogP contribution in [-0.4, -0.2) is 11.2 Å². The van der Waals surface area contributed by atoms with Gasteiger partial charge in [0.1, 0.15) is 0 Å². The van der Waals surface area contributed by atoms with E-state index >= 15 is 0 Å². The van der Waals surface area contributed by atoms with Crippen molar-refractivity contribution in [2.24, 2.45) is 0 Å². The van der Waals surface area contributed by atoms with Gasteiger partial charge in [-0.05, 0) is 31.9 Å². The Labute approximate surface area is 84.4 Å². The van der Waals surface area contributed by atoms with Crippen LogP contribution in [0.4, 0.5) is 4.39 Å². The number of unbranched alkanes of at least 4 members (excludes halogenated alkanes) is 1. The SMILES string of the molecule is CC(F)CCCC#Cc1cccnc1. The normalized spacial score (nSPS) is 11.6. The molecule has 0 N–H and O–H groups in total. The van der Waals surface area contributed by atoms with E-state index in [4.69, 9.17) is 0 Å². The largest absolute Gasteiger partial charge is 0.263 e. The highest BCUT2D eigenvalue weighted by molar-refractivity contribution is 5.30. The first-order valence-electron chi connectivity index (χ1n) is 4.82. The Morgan fingerprint density at radius 1 is 1.57 bits per heavy atom. The van der Waals surface area contributed by atoms with Crippen LogP contribution >= 0.6 is 0 Å². The molecule has 1 aromatic heterocycles. The molecular weight excluding hydrogens is 177 g/mol. The Morgan fingerprint density at radius 3 is 3.07 bits per heavy atom. The number of nitrogens with zero attached hydrogens (tertiary/aromatic N) is 1. The minimum Gasteiger partial charge on any atom is -0.263 e. The molecule has 0 spiro atoms. The molecule has 0 saturated carbocycles. The smallest absolute Gasteiger partial charge is 0.0973 e. The summed E-state index contributed by atoms with van der Waals surface area (Å²) in [7, 11) is 0. The third kappa shape index (κ3) is 4.61. The molecule has 2 heteroatoms. The lowest BCUT2D eigenvalue weighted by molar-refractivity contribution is 0.336. The number of rotatable bonds is 3. The number of hydrogen-bond donors (Lipinski definition) is 0. The molecule has 0 aliphatic heterocycles. The first-order valence-corrected chi connectivity index (χ1v) is 4.82. The lowest BCUT2D eigenvalue weighted by atomic mass is 10.2. The molecule has 0 aromatic carbocycles. The minimum absolute atomic E-state index is 0.599. The molecule has 1 unspecified atom stereocenters. The van der Waals surface area contributed by atoms with Crippen LogP contribution in [0.2, 0.25) is 0 Å². The third-order valence-corrected chi connectivity index (χ3v) is 1.80. The monoisotopic (exact) mass is 191 g/mol. The molecule has 14 heavy (non-hydrogen) atoms. The molecule has 1 aromatic rings. The van der Waals surface area contributed by atoms with E-state index < -0.39 is 6.17 Å². The van der Waals surface area contributed by atoms with E-state index in [0.29, 0.717) is 6.42 Å². The summed E-state index contributed by atoms with van der Waals surface area (Å²) in [5, 5.41) is 0. The first kappa shape index (κ1) is 10.7. The van der Waals surface area contributed by atoms with Crippen molar-refractivity contribution in [1.82, 2.24) is 4.98 Å². The van der Waals surface area contributed by atoms with E-state index in [1.165, 1.54) is 0 Å². The fourth-order valence-electron chi connectivity index (χ4n) is 1.07. The molecule has 0 aliphatic rings. The molecule has 1 heterocycles. The van der Waals surface area contributed by atoms with Crippen molar-refractivity contribution in [3.05, 3.63) is 30.1 Å². The van der Waals surface area contributed by atoms with Gasteiger partial charge < -0.3 is 0 Å². The Kier molecular flexibility index (Phi) is 4.71. The van der Waals surface area contributed by atoms with Gasteiger partial charge in [0.25, 0.3) is 0 Å². The molecule has 1 atom stereocenters. The van der Waals surface area contributed by atoms with Gasteiger partial charge in [0, 0.05) is 24.4 Å². The van der Waals surface area contributed by atoms with Crippen LogP contribution in [0.5, 0.6) is 0 Å². The number of pyridine rings is 1. The van der Waals surface area contributed by atoms with E-state index in [-0.39, 0.29) is 0 Å². The quantitative estimate of drug-likeness (QED) is 0.528. The maximum Gasteiger partial charge on any atom is 0.0973 e. The van der Waals surface area contributed by atoms with Crippen molar-refractivity contribution in [2.45, 2.75) is 32.4 Å². The topological polar surface area (TPSA) is 12.9 Å². The van der Waals surface area contributed by atoms with E-state index in [1.54, 1.807) is 19.3 Å². The Morgan fingerprint density at radius 2 is 2.43 bits per heavy atom. The van der Waals surface area contributed by atoms with E-state index in [9.17, 15) is 4.39 Å². The van der Waals surface area contributed by atoms with Gasteiger partial charge in [0.2, 0.25) is 0 Å². The molecule has 1 rings (SSSR count). The lowest BCUT2D eigenvalue weighted by Crippen LogP contribution is -1.90. The second-order valence-electron chi connectivity index (χ2n) is 3.22. The zero-order valence-corrected chi connectivity index (χ0v) is 8.33. The van der Waals surface area contributed by atoms with Gasteiger partial charge in [-0.2, -0.15) is 0 Å². The second kappa shape index (κ2) is 6.15. The first-order chi connectivity index (χ1) is 6.79. The zero-order chi connectivity index (χ0) is 10.2. The van der Waals surface area contributed by atoms with E-state index in [0.717, 1.165) is 18.4 Å². The van der Waals surface area contributed by atoms with Crippen molar-refractivity contribution in [3.8, 4) is 11.8 Å². The molecule has 0 radical (unpaired) electrons. The molecule has 0 bridgehead atoms. The fourth-order valence-corrected chi connectivity index (χ4v) is 1.07. The van der Waals surface area contributed by atoms with Gasteiger partial charge in [-0.25, -0.2) is 4.39 Å². The standard InChI is InChI=1S/C12H14FN/c1-11(13)6-3-2-4-7-12-8-5-9-14-10-12/h5,8-11H,2-3,6H2,1H3. The van der Waals surface area contributed by atoms with Crippen molar-refractivity contribution >= 4 is 0 Å². The summed E-state index contributed by atoms with van der Waals surface area (Å²) in [4.78, 5) is 3.95. The number of halogens is 1. The zero-order valence-electron chi connectivity index (χ0n) is 8.33. The molecule has 0 amide bonds. The average Bonchev–Trinajstić information content (AvgIpc) is 2.18. The van der Waals surface area contributed by atoms with Crippen LogP contribution in [0.1, 0.15) is 31.7 Å². The van der Waals surface area contributed by atoms with Crippen molar-refractivity contribution in [3.63, 3.8) is 0 Å². The summed E-state index contributed by atoms with van der Waals surface area (Å²) in [6.45, 7) is 1.58. The average molecular weight is 191 g/mol. The molecule has 1 nitrogen and oxygen atoms in total. The summed E-state index contributed by atoms with van der Waals surface area (Å²) < 4.78 is 12.4. The summed E-state index contributed by atoms with van der Waals surface area (Å²) in [5.41, 5.74) is 0.917. The van der Waals surface area contributed by atoms with Gasteiger partial charge in [-0.3, -0.25) is 4.98 Å². The number of alkyl halides is 1. The predicted molar refractivity (Wildman–Crippen MR) is 55.5 cm³/mol. The minimum atomic E-state index is -0.713. The van der Waals surface area contributed by atoms with Gasteiger partial charge in [-0.1, -0.05) is 11.8 Å². The van der Waals surface area contributed by atoms with Crippen LogP contribution in [0.3, 0.4) is 0 Å². The molecule has 0 aliphatic carbocycles. The number of hydrogen-bond acceptors (Lipinski definition) is 1. The fraction of sp³-hybridized carbons (Fsp3) is 0.417. The molecular formula is C12H14FN. The third-order valence-electron chi connectivity index (χ3n) is 1.80. The maximum absolute atomic E-state index is 12.4. The van der Waals surface area contributed by atoms with Crippen LogP contribution < -0.4 is 0 Å². The highest BCUT2D eigenvalue weighted by atomic mass is 19.1. The predicted octanol–water partition coefficient (Wildman–Crippen LogP) is 2.96. The van der Waals surface area contributed by atoms with Crippen LogP contribution in [0.15, 0.2) is 24.5 Å². The Hall–Kier alpha value is -1.36. The van der Waals surface area contributed by atoms with E-state index in [2.05, 4.69) is 16.8 Å². The summed E-state index contributed by atoms with van der Waals surface area (Å²) in [5.74, 6) is 5.98. The van der Waals surface area contributed by atoms with Crippen LogP contribution in [-0.2, 0) is 0 Å². The highest BCUT2D eigenvalue weighted by Gasteiger charge is 1.94. The second-order valence-corrected chi connectivity index (χ2v) is 3.22. The molecule has 0 saturated heterocycles. The van der Waals surface area contributed by atoms with E-state index in [1.807, 2.05) is 12.1 Å². The lowest BCUT2D eigenvalue weighted by Gasteiger charge is -1.95. The van der Waals surface area contributed by atoms with Gasteiger partial charge in [0.05, 0.1) is 6.17 Å². The molecule has 74 valence electrons. The Bertz CT molecular complexity index is 308. The van der Waals surface area contributed by atoms with Crippen molar-refractivity contribution < 1.29 is 4.39 Å². The van der Waals surface area contributed by atoms with Gasteiger partial charge in [-0.15, -0.1) is 0 Å². The van der Waals surface area contributed by atoms with Crippen molar-refractivity contribution in [2.75, 3.05) is 0 Å². The summed E-state index contributed by atoms with van der Waals surface area (Å²) in [6, 6.07) is 3.77. The van der Waals surface area contributed by atoms with Crippen LogP contribution in [0.25, 0.3) is 0 Å². The highest BCUT2D eigenvalue weighted by Crippen LogP contribution is 2.02. The van der Waals surface area contributed by atoms with Crippen LogP contribution in [0, 0.1) is 11.8 Å². The molecule has 0 fully saturated rings. The Balaban J connectivity index is 2.28. The number of aromatic nitrogens is 1. The van der Waals surface area contributed by atoms with Crippen molar-refractivity contribution in [1.29, 1.82) is 0 Å². The van der Waals surface area contributed by atoms with Gasteiger partial charge in [0.15, 0.2) is 0 Å².